The molecule has 1 aromatic carbocycles. The predicted molar refractivity (Wildman–Crippen MR) is 159 cm³/mol. The Morgan fingerprint density at radius 3 is 2.35 bits per heavy atom. The molecule has 0 spiro atoms. The lowest BCUT2D eigenvalue weighted by molar-refractivity contribution is -0.284. The highest BCUT2D eigenvalue weighted by atomic mass is 32.2. The van der Waals surface area contributed by atoms with Crippen LogP contribution in [0.2, 0.25) is 0 Å². The van der Waals surface area contributed by atoms with Gasteiger partial charge in [0.1, 0.15) is 11.3 Å². The number of aliphatic hydroxyl groups excluding tert-OH is 3. The summed E-state index contributed by atoms with van der Waals surface area (Å²) >= 11 is 0. The molecule has 2 saturated carbocycles. The number of hydroxylamine groups is 1. The maximum absolute atomic E-state index is 13.3. The van der Waals surface area contributed by atoms with Crippen LogP contribution in [0.5, 0.6) is 5.75 Å². The molecule has 0 aromatic heterocycles. The summed E-state index contributed by atoms with van der Waals surface area (Å²) in [5.74, 6) is -3.75. The quantitative estimate of drug-likeness (QED) is 0.125. The Kier molecular flexibility index (Phi) is 11.8. The molecule has 9 nitrogen and oxygen atoms in total. The highest BCUT2D eigenvalue weighted by Gasteiger charge is 2.57. The van der Waals surface area contributed by atoms with Crippen molar-refractivity contribution in [1.29, 1.82) is 0 Å². The zero-order valence-electron chi connectivity index (χ0n) is 25.8. The Morgan fingerprint density at radius 2 is 1.72 bits per heavy atom. The van der Waals surface area contributed by atoms with Gasteiger partial charge in [-0.15, -0.1) is 0 Å². The molecule has 3 aliphatic rings. The van der Waals surface area contributed by atoms with Crippen LogP contribution in [0.25, 0.3) is 0 Å². The first-order valence-corrected chi connectivity index (χ1v) is 17.3. The number of ether oxygens (including phenoxy) is 1. The standard InChI is InChI=1S/C31H45F5N2O7S/c1-28-11-9-23-22-6-5-21(45-27(42)37-29(16-39,17-40)18-41)15-20(22)14-19(26(23)24(28)7-8-25(28)38-43)4-2-12-46(44)13-3-10-30(32,33)31(34,35)36/h5-6,15,19,23-26,38-41,43H,2-4,7-14,16-18H2,1H3,(H,37,42)/t19-,23-,24+,25?,26-,28+,46?/m1/s1. The van der Waals surface area contributed by atoms with Crippen molar-refractivity contribution >= 4 is 16.9 Å². The van der Waals surface area contributed by atoms with Crippen LogP contribution in [0.15, 0.2) is 18.2 Å². The first kappa shape index (κ1) is 36.9. The van der Waals surface area contributed by atoms with Gasteiger partial charge in [0.25, 0.3) is 0 Å². The molecule has 4 rings (SSSR count). The summed E-state index contributed by atoms with van der Waals surface area (Å²) in [6.45, 7) is 0.0820. The van der Waals surface area contributed by atoms with Crippen LogP contribution in [0.1, 0.15) is 75.3 Å². The number of fused-ring (bicyclic) bond motifs is 5. The van der Waals surface area contributed by atoms with Gasteiger partial charge in [0.15, 0.2) is 0 Å². The second-order valence-electron chi connectivity index (χ2n) is 13.5. The lowest BCUT2D eigenvalue weighted by Crippen LogP contribution is -2.57. The number of carbonyl (C=O) groups is 1. The molecule has 0 aliphatic heterocycles. The summed E-state index contributed by atoms with van der Waals surface area (Å²) in [6, 6.07) is 5.35. The van der Waals surface area contributed by atoms with E-state index in [1.807, 2.05) is 6.07 Å². The summed E-state index contributed by atoms with van der Waals surface area (Å²) < 4.78 is 82.0. The van der Waals surface area contributed by atoms with Crippen LogP contribution in [0.4, 0.5) is 26.7 Å². The van der Waals surface area contributed by atoms with E-state index in [2.05, 4.69) is 17.7 Å². The van der Waals surface area contributed by atoms with Gasteiger partial charge in [-0.2, -0.15) is 22.0 Å². The number of nitrogens with one attached hydrogen (secondary N) is 2. The molecule has 0 saturated heterocycles. The van der Waals surface area contributed by atoms with Crippen molar-refractivity contribution in [2.75, 3.05) is 31.3 Å². The molecule has 1 aromatic rings. The molecule has 15 heteroatoms. The summed E-state index contributed by atoms with van der Waals surface area (Å²) in [4.78, 5) is 12.5. The average Bonchev–Trinajstić information content (AvgIpc) is 3.35. The predicted octanol–water partition coefficient (Wildman–Crippen LogP) is 4.43. The first-order chi connectivity index (χ1) is 21.6. The van der Waals surface area contributed by atoms with E-state index >= 15 is 0 Å². The van der Waals surface area contributed by atoms with Crippen molar-refractivity contribution in [3.8, 4) is 5.75 Å². The van der Waals surface area contributed by atoms with Gasteiger partial charge in [-0.1, -0.05) is 13.0 Å². The van der Waals surface area contributed by atoms with Crippen LogP contribution in [0.3, 0.4) is 0 Å². The normalized spacial score (nSPS) is 28.6. The fraction of sp³-hybridized carbons (Fsp3) is 0.774. The smallest absolute Gasteiger partial charge is 0.410 e. The van der Waals surface area contributed by atoms with Crippen LogP contribution in [-0.4, -0.2) is 85.8 Å². The van der Waals surface area contributed by atoms with Gasteiger partial charge in [0.2, 0.25) is 0 Å². The summed E-state index contributed by atoms with van der Waals surface area (Å²) in [5, 5.41) is 40.7. The lowest BCUT2D eigenvalue weighted by atomic mass is 9.52. The molecule has 1 amide bonds. The number of halogens is 5. The van der Waals surface area contributed by atoms with Gasteiger partial charge in [0, 0.05) is 34.8 Å². The minimum atomic E-state index is -5.63. The fourth-order valence-corrected chi connectivity index (χ4v) is 9.31. The highest BCUT2D eigenvalue weighted by Crippen LogP contribution is 2.62. The zero-order chi connectivity index (χ0) is 33.9. The van der Waals surface area contributed by atoms with Gasteiger partial charge < -0.3 is 30.6 Å². The van der Waals surface area contributed by atoms with Gasteiger partial charge >= 0.3 is 18.2 Å². The number of hydrogen-bond acceptors (Lipinski definition) is 8. The average molecular weight is 685 g/mol. The Morgan fingerprint density at radius 1 is 1.04 bits per heavy atom. The van der Waals surface area contributed by atoms with Gasteiger partial charge in [0.05, 0.1) is 19.8 Å². The maximum atomic E-state index is 13.3. The van der Waals surface area contributed by atoms with Gasteiger partial charge in [-0.05, 0) is 104 Å². The lowest BCUT2D eigenvalue weighted by Gasteiger charge is -2.53. The Hall–Kier alpha value is -1.91. The van der Waals surface area contributed by atoms with Gasteiger partial charge in [-0.3, -0.25) is 4.21 Å². The third-order valence-corrected chi connectivity index (χ3v) is 12.2. The van der Waals surface area contributed by atoms with Crippen molar-refractivity contribution in [3.05, 3.63) is 29.3 Å². The number of aliphatic hydroxyl groups is 3. The van der Waals surface area contributed by atoms with E-state index in [1.54, 1.807) is 12.1 Å². The van der Waals surface area contributed by atoms with Gasteiger partial charge in [-0.25, -0.2) is 10.3 Å². The largest absolute Gasteiger partial charge is 0.453 e. The summed E-state index contributed by atoms with van der Waals surface area (Å²) in [5.41, 5.74) is 2.85. The Balaban J connectivity index is 1.48. The topological polar surface area (TPSA) is 148 Å². The van der Waals surface area contributed by atoms with E-state index in [0.717, 1.165) is 36.8 Å². The number of rotatable bonds is 14. The van der Waals surface area contributed by atoms with Crippen molar-refractivity contribution in [2.24, 2.45) is 23.2 Å². The molecular formula is C31H45F5N2O7S. The first-order valence-electron chi connectivity index (χ1n) is 15.8. The third kappa shape index (κ3) is 7.70. The van der Waals surface area contributed by atoms with E-state index < -0.39 is 67.2 Å². The monoisotopic (exact) mass is 684 g/mol. The van der Waals surface area contributed by atoms with E-state index in [-0.39, 0.29) is 46.5 Å². The van der Waals surface area contributed by atoms with E-state index in [0.29, 0.717) is 25.2 Å². The number of hydrogen-bond donors (Lipinski definition) is 6. The molecule has 262 valence electrons. The van der Waals surface area contributed by atoms with Crippen LogP contribution in [-0.2, 0) is 17.2 Å². The SMILES string of the molecule is C[C@]12CC[C@@H]3c4ccc(OC(=O)NC(CO)(CO)CO)cc4C[C@@H](CCCS(=O)CCCC(F)(F)C(F)(F)F)[C@H]3[C@@H]1CCC2NO. The van der Waals surface area contributed by atoms with E-state index in [9.17, 15) is 51.5 Å². The Bertz CT molecular complexity index is 1230. The molecule has 3 aliphatic carbocycles. The molecule has 0 bridgehead atoms. The fourth-order valence-electron chi connectivity index (χ4n) is 8.15. The number of carbonyl (C=O) groups excluding carboxylic acids is 1. The van der Waals surface area contributed by atoms with Crippen molar-refractivity contribution in [2.45, 2.75) is 94.3 Å². The second-order valence-corrected chi connectivity index (χ2v) is 15.2. The molecular weight excluding hydrogens is 639 g/mol. The van der Waals surface area contributed by atoms with Crippen molar-refractivity contribution in [3.63, 3.8) is 0 Å². The van der Waals surface area contributed by atoms with Crippen LogP contribution < -0.4 is 15.5 Å². The molecule has 6 N–H and O–H groups in total. The van der Waals surface area contributed by atoms with Crippen molar-refractivity contribution < 1.29 is 56.2 Å². The molecule has 46 heavy (non-hydrogen) atoms. The number of amides is 1. The third-order valence-electron chi connectivity index (χ3n) is 10.7. The second kappa shape index (κ2) is 14.7. The Labute approximate surface area is 267 Å². The van der Waals surface area contributed by atoms with Crippen molar-refractivity contribution in [1.82, 2.24) is 10.8 Å². The molecule has 0 radical (unpaired) electrons. The number of benzene rings is 1. The molecule has 0 heterocycles. The summed E-state index contributed by atoms with van der Waals surface area (Å²) in [6.07, 6.45) is -3.19. The van der Waals surface area contributed by atoms with E-state index in [4.69, 9.17) is 4.74 Å². The highest BCUT2D eigenvalue weighted by molar-refractivity contribution is 7.84. The molecule has 7 atom stereocenters. The van der Waals surface area contributed by atoms with Crippen LogP contribution >= 0.6 is 0 Å². The molecule has 2 fully saturated rings. The minimum absolute atomic E-state index is 0.0407. The maximum Gasteiger partial charge on any atom is 0.453 e. The zero-order valence-corrected chi connectivity index (χ0v) is 26.6. The van der Waals surface area contributed by atoms with Crippen LogP contribution in [0, 0.1) is 23.2 Å². The minimum Gasteiger partial charge on any atom is -0.410 e. The molecule has 2 unspecified atom stereocenters. The summed E-state index contributed by atoms with van der Waals surface area (Å²) in [7, 11) is -1.54. The number of alkyl halides is 5. The van der Waals surface area contributed by atoms with E-state index in [1.165, 1.54) is 0 Å².